The fraction of sp³-hybridized carbons (Fsp3) is 0.0833. The second-order valence-electron chi connectivity index (χ2n) is 4.01. The second kappa shape index (κ2) is 3.76. The van der Waals surface area contributed by atoms with Gasteiger partial charge in [0.2, 0.25) is 5.95 Å². The van der Waals surface area contributed by atoms with E-state index in [0.717, 1.165) is 22.8 Å². The largest absolute Gasteiger partial charge is 0.381 e. The second-order valence-corrected chi connectivity index (χ2v) is 4.01. The molecule has 3 aromatic heterocycles. The van der Waals surface area contributed by atoms with Gasteiger partial charge in [-0.15, -0.1) is 0 Å². The van der Waals surface area contributed by atoms with Crippen molar-refractivity contribution in [1.82, 2.24) is 19.5 Å². The number of anilines is 1. The Labute approximate surface area is 102 Å². The molecule has 6 heteroatoms. The van der Waals surface area contributed by atoms with Gasteiger partial charge in [0.05, 0.1) is 17.2 Å². The zero-order valence-corrected chi connectivity index (χ0v) is 9.63. The minimum absolute atomic E-state index is 0.164. The topological polar surface area (TPSA) is 69.6 Å². The van der Waals surface area contributed by atoms with Gasteiger partial charge in [0.25, 0.3) is 0 Å². The minimum Gasteiger partial charge on any atom is -0.381 e. The summed E-state index contributed by atoms with van der Waals surface area (Å²) in [5, 5.41) is 0. The number of rotatable bonds is 1. The van der Waals surface area contributed by atoms with Crippen LogP contribution in [0.15, 0.2) is 30.7 Å². The minimum atomic E-state index is -0.621. The SMILES string of the molecule is Cc1cnc2ccn(-c3ncc(F)c(N)n3)c2c1. The number of hydrogen-bond donors (Lipinski definition) is 1. The first-order valence-corrected chi connectivity index (χ1v) is 5.37. The van der Waals surface area contributed by atoms with Crippen molar-refractivity contribution in [3.05, 3.63) is 42.1 Å². The van der Waals surface area contributed by atoms with Crippen molar-refractivity contribution in [2.45, 2.75) is 6.92 Å². The summed E-state index contributed by atoms with van der Waals surface area (Å²) in [4.78, 5) is 12.1. The van der Waals surface area contributed by atoms with Crippen LogP contribution in [0.3, 0.4) is 0 Å². The highest BCUT2D eigenvalue weighted by Crippen LogP contribution is 2.18. The number of aromatic nitrogens is 4. The highest BCUT2D eigenvalue weighted by molar-refractivity contribution is 5.77. The normalized spacial score (nSPS) is 11.0. The summed E-state index contributed by atoms with van der Waals surface area (Å²) in [7, 11) is 0. The van der Waals surface area contributed by atoms with Gasteiger partial charge in [0.15, 0.2) is 11.6 Å². The van der Waals surface area contributed by atoms with E-state index in [-0.39, 0.29) is 5.82 Å². The molecule has 0 saturated heterocycles. The summed E-state index contributed by atoms with van der Waals surface area (Å²) >= 11 is 0. The molecule has 0 saturated carbocycles. The first-order chi connectivity index (χ1) is 8.65. The van der Waals surface area contributed by atoms with Crippen molar-refractivity contribution in [2.75, 3.05) is 5.73 Å². The van der Waals surface area contributed by atoms with Crippen LogP contribution in [0.1, 0.15) is 5.56 Å². The quantitative estimate of drug-likeness (QED) is 0.708. The van der Waals surface area contributed by atoms with Crippen LogP contribution >= 0.6 is 0 Å². The third-order valence-corrected chi connectivity index (χ3v) is 2.65. The van der Waals surface area contributed by atoms with Crippen molar-refractivity contribution in [1.29, 1.82) is 0 Å². The van der Waals surface area contributed by atoms with Crippen molar-refractivity contribution in [3.63, 3.8) is 0 Å². The van der Waals surface area contributed by atoms with E-state index in [2.05, 4.69) is 15.0 Å². The van der Waals surface area contributed by atoms with Crippen LogP contribution in [-0.4, -0.2) is 19.5 Å². The molecule has 0 bridgehead atoms. The molecule has 3 rings (SSSR count). The maximum atomic E-state index is 13.0. The molecule has 0 spiro atoms. The molecule has 18 heavy (non-hydrogen) atoms. The molecule has 3 aromatic rings. The number of aryl methyl sites for hydroxylation is 1. The van der Waals surface area contributed by atoms with Gasteiger partial charge in [0, 0.05) is 12.4 Å². The van der Waals surface area contributed by atoms with Gasteiger partial charge in [-0.2, -0.15) is 4.98 Å². The Bertz CT molecular complexity index is 734. The van der Waals surface area contributed by atoms with E-state index in [1.165, 1.54) is 0 Å². The van der Waals surface area contributed by atoms with Crippen LogP contribution in [-0.2, 0) is 0 Å². The number of halogens is 1. The van der Waals surface area contributed by atoms with Gasteiger partial charge in [-0.05, 0) is 24.6 Å². The van der Waals surface area contributed by atoms with Crippen molar-refractivity contribution >= 4 is 16.9 Å². The summed E-state index contributed by atoms with van der Waals surface area (Å²) in [5.41, 5.74) is 8.16. The molecule has 2 N–H and O–H groups in total. The molecule has 90 valence electrons. The van der Waals surface area contributed by atoms with Crippen LogP contribution < -0.4 is 5.73 Å². The number of nitrogen functional groups attached to an aromatic ring is 1. The van der Waals surface area contributed by atoms with Crippen LogP contribution in [0.25, 0.3) is 17.0 Å². The molecule has 0 aromatic carbocycles. The van der Waals surface area contributed by atoms with Gasteiger partial charge < -0.3 is 5.73 Å². The standard InChI is InChI=1S/C12H10FN5/c1-7-4-10-9(15-5-7)2-3-18(10)12-16-6-8(13)11(14)17-12/h2-6H,1H3,(H2,14,16,17). The Kier molecular flexibility index (Phi) is 2.22. The summed E-state index contributed by atoms with van der Waals surface area (Å²) in [6.07, 6.45) is 4.63. The molecule has 0 aliphatic heterocycles. The summed E-state index contributed by atoms with van der Waals surface area (Å²) in [6.45, 7) is 1.95. The summed E-state index contributed by atoms with van der Waals surface area (Å²) in [6, 6.07) is 3.81. The molecule has 3 heterocycles. The van der Waals surface area contributed by atoms with Gasteiger partial charge in [-0.25, -0.2) is 9.37 Å². The van der Waals surface area contributed by atoms with E-state index >= 15 is 0 Å². The maximum Gasteiger partial charge on any atom is 0.236 e. The molecule has 0 amide bonds. The van der Waals surface area contributed by atoms with Crippen LogP contribution in [0.5, 0.6) is 0 Å². The highest BCUT2D eigenvalue weighted by Gasteiger charge is 2.09. The predicted octanol–water partition coefficient (Wildman–Crippen LogP) is 1.85. The number of hydrogen-bond acceptors (Lipinski definition) is 4. The van der Waals surface area contributed by atoms with Crippen LogP contribution in [0, 0.1) is 12.7 Å². The lowest BCUT2D eigenvalue weighted by Crippen LogP contribution is -2.04. The van der Waals surface area contributed by atoms with Gasteiger partial charge >= 0.3 is 0 Å². The molecular weight excluding hydrogens is 233 g/mol. The molecule has 0 unspecified atom stereocenters. The van der Waals surface area contributed by atoms with Gasteiger partial charge in [0.1, 0.15) is 0 Å². The Morgan fingerprint density at radius 3 is 2.89 bits per heavy atom. The van der Waals surface area contributed by atoms with E-state index in [9.17, 15) is 4.39 Å². The molecular formula is C12H10FN5. The Hall–Kier alpha value is -2.50. The lowest BCUT2D eigenvalue weighted by molar-refractivity contribution is 0.617. The van der Waals surface area contributed by atoms with Gasteiger partial charge in [-0.3, -0.25) is 9.55 Å². The summed E-state index contributed by atoms with van der Waals surface area (Å²) < 4.78 is 14.8. The van der Waals surface area contributed by atoms with E-state index < -0.39 is 5.82 Å². The monoisotopic (exact) mass is 243 g/mol. The molecule has 0 radical (unpaired) electrons. The number of pyridine rings is 1. The van der Waals surface area contributed by atoms with Crippen molar-refractivity contribution < 1.29 is 4.39 Å². The smallest absolute Gasteiger partial charge is 0.236 e. The van der Waals surface area contributed by atoms with Crippen LogP contribution in [0.4, 0.5) is 10.2 Å². The van der Waals surface area contributed by atoms with E-state index in [0.29, 0.717) is 5.95 Å². The zero-order valence-electron chi connectivity index (χ0n) is 9.63. The van der Waals surface area contributed by atoms with Crippen LogP contribution in [0.2, 0.25) is 0 Å². The summed E-state index contributed by atoms with van der Waals surface area (Å²) in [5.74, 6) is -0.455. The third kappa shape index (κ3) is 1.58. The fourth-order valence-corrected chi connectivity index (χ4v) is 1.77. The van der Waals surface area contributed by atoms with Crippen molar-refractivity contribution in [2.24, 2.45) is 0 Å². The van der Waals surface area contributed by atoms with E-state index in [1.54, 1.807) is 17.0 Å². The lowest BCUT2D eigenvalue weighted by Gasteiger charge is -2.04. The average molecular weight is 243 g/mol. The Morgan fingerprint density at radius 2 is 2.11 bits per heavy atom. The first-order valence-electron chi connectivity index (χ1n) is 5.37. The molecule has 5 nitrogen and oxygen atoms in total. The Morgan fingerprint density at radius 1 is 1.28 bits per heavy atom. The molecule has 0 aliphatic rings. The van der Waals surface area contributed by atoms with E-state index in [4.69, 9.17) is 5.73 Å². The van der Waals surface area contributed by atoms with Crippen molar-refractivity contribution in [3.8, 4) is 5.95 Å². The maximum absolute atomic E-state index is 13.0. The first kappa shape index (κ1) is 10.6. The third-order valence-electron chi connectivity index (χ3n) is 2.65. The zero-order chi connectivity index (χ0) is 12.7. The molecule has 0 atom stereocenters. The number of nitrogens with zero attached hydrogens (tertiary/aromatic N) is 4. The predicted molar refractivity (Wildman–Crippen MR) is 65.8 cm³/mol. The number of fused-ring (bicyclic) bond motifs is 1. The molecule has 0 fully saturated rings. The number of nitrogens with two attached hydrogens (primary N) is 1. The highest BCUT2D eigenvalue weighted by atomic mass is 19.1. The lowest BCUT2D eigenvalue weighted by atomic mass is 10.3. The molecule has 0 aliphatic carbocycles. The van der Waals surface area contributed by atoms with Gasteiger partial charge in [-0.1, -0.05) is 0 Å². The average Bonchev–Trinajstić information content (AvgIpc) is 2.75. The van der Waals surface area contributed by atoms with E-state index in [1.807, 2.05) is 19.1 Å². The fourth-order valence-electron chi connectivity index (χ4n) is 1.77. The Balaban J connectivity index is 2.24.